The van der Waals surface area contributed by atoms with E-state index in [4.69, 9.17) is 11.5 Å². The van der Waals surface area contributed by atoms with Crippen LogP contribution < -0.4 is 22.1 Å². The molecule has 3 atom stereocenters. The quantitative estimate of drug-likeness (QED) is 0.428. The maximum absolute atomic E-state index is 11.4. The highest BCUT2D eigenvalue weighted by Gasteiger charge is 2.20. The number of nitrogens with two attached hydrogens (primary N) is 2. The standard InChI is InChI=1S/C9H18N4O3/c1-4(10)8(15)13-6(3)9(16)12-5(2)7(11)14/h4-6H,10H2,1-3H3,(H2,11,14)(H,12,16)(H,13,15). The predicted molar refractivity (Wildman–Crippen MR) is 58.1 cm³/mol. The fourth-order valence-electron chi connectivity index (χ4n) is 0.820. The fraction of sp³-hybridized carbons (Fsp3) is 0.667. The average Bonchev–Trinajstić information content (AvgIpc) is 2.16. The molecule has 3 amide bonds. The minimum absolute atomic E-state index is 0.436. The van der Waals surface area contributed by atoms with Crippen LogP contribution in [0.25, 0.3) is 0 Å². The molecule has 0 saturated carbocycles. The van der Waals surface area contributed by atoms with Crippen molar-refractivity contribution in [2.24, 2.45) is 11.5 Å². The second kappa shape index (κ2) is 6.06. The highest BCUT2D eigenvalue weighted by Crippen LogP contribution is 1.87. The lowest BCUT2D eigenvalue weighted by Crippen LogP contribution is -2.53. The van der Waals surface area contributed by atoms with Crippen LogP contribution >= 0.6 is 0 Å². The highest BCUT2D eigenvalue weighted by molar-refractivity contribution is 5.92. The molecule has 0 aliphatic heterocycles. The fourth-order valence-corrected chi connectivity index (χ4v) is 0.820. The van der Waals surface area contributed by atoms with Gasteiger partial charge in [-0.1, -0.05) is 0 Å². The Morgan fingerprint density at radius 3 is 1.75 bits per heavy atom. The first-order valence-electron chi connectivity index (χ1n) is 4.91. The van der Waals surface area contributed by atoms with E-state index in [-0.39, 0.29) is 0 Å². The Morgan fingerprint density at radius 2 is 1.38 bits per heavy atom. The molecule has 3 unspecified atom stereocenters. The molecule has 0 bridgehead atoms. The van der Waals surface area contributed by atoms with E-state index in [0.717, 1.165) is 0 Å². The summed E-state index contributed by atoms with van der Waals surface area (Å²) in [6, 6.07) is -2.23. The van der Waals surface area contributed by atoms with Gasteiger partial charge in [0.15, 0.2) is 0 Å². The molecule has 0 aromatic heterocycles. The van der Waals surface area contributed by atoms with E-state index in [2.05, 4.69) is 10.6 Å². The summed E-state index contributed by atoms with van der Waals surface area (Å²) in [7, 11) is 0. The van der Waals surface area contributed by atoms with Crippen LogP contribution in [0.15, 0.2) is 0 Å². The topological polar surface area (TPSA) is 127 Å². The molecular formula is C9H18N4O3. The SMILES string of the molecule is CC(N)C(=O)NC(C)C(=O)NC(C)C(N)=O. The van der Waals surface area contributed by atoms with E-state index in [1.807, 2.05) is 0 Å². The zero-order valence-corrected chi connectivity index (χ0v) is 9.61. The number of amides is 3. The summed E-state index contributed by atoms with van der Waals surface area (Å²) in [5.74, 6) is -1.56. The van der Waals surface area contributed by atoms with Gasteiger partial charge >= 0.3 is 0 Å². The van der Waals surface area contributed by atoms with Gasteiger partial charge in [0, 0.05) is 0 Å². The van der Waals surface area contributed by atoms with Crippen LogP contribution in [0.2, 0.25) is 0 Å². The second-order valence-corrected chi connectivity index (χ2v) is 3.65. The Hall–Kier alpha value is -1.63. The molecule has 7 heteroatoms. The number of nitrogens with one attached hydrogen (secondary N) is 2. The minimum Gasteiger partial charge on any atom is -0.368 e. The first kappa shape index (κ1) is 14.4. The third-order valence-corrected chi connectivity index (χ3v) is 1.95. The largest absolute Gasteiger partial charge is 0.368 e. The Balaban J connectivity index is 4.19. The number of rotatable bonds is 5. The Morgan fingerprint density at radius 1 is 0.938 bits per heavy atom. The molecule has 6 N–H and O–H groups in total. The van der Waals surface area contributed by atoms with Gasteiger partial charge in [0.1, 0.15) is 12.1 Å². The molecule has 0 saturated heterocycles. The normalized spacial score (nSPS) is 15.8. The van der Waals surface area contributed by atoms with E-state index in [9.17, 15) is 14.4 Å². The van der Waals surface area contributed by atoms with Crippen molar-refractivity contribution in [2.45, 2.75) is 38.9 Å². The summed E-state index contributed by atoms with van der Waals surface area (Å²) in [5.41, 5.74) is 10.3. The van der Waals surface area contributed by atoms with Crippen molar-refractivity contribution < 1.29 is 14.4 Å². The highest BCUT2D eigenvalue weighted by atomic mass is 16.2. The van der Waals surface area contributed by atoms with Gasteiger partial charge in [0.05, 0.1) is 6.04 Å². The van der Waals surface area contributed by atoms with E-state index >= 15 is 0 Å². The summed E-state index contributed by atoms with van der Waals surface area (Å²) >= 11 is 0. The van der Waals surface area contributed by atoms with E-state index in [1.165, 1.54) is 20.8 Å². The second-order valence-electron chi connectivity index (χ2n) is 3.65. The number of hydrogen-bond donors (Lipinski definition) is 4. The molecule has 0 radical (unpaired) electrons. The minimum atomic E-state index is -0.776. The Bertz CT molecular complexity index is 290. The lowest BCUT2D eigenvalue weighted by molar-refractivity contribution is -0.131. The smallest absolute Gasteiger partial charge is 0.242 e. The van der Waals surface area contributed by atoms with Gasteiger partial charge < -0.3 is 22.1 Å². The maximum Gasteiger partial charge on any atom is 0.242 e. The molecule has 0 rings (SSSR count). The molecule has 0 spiro atoms. The van der Waals surface area contributed by atoms with Crippen molar-refractivity contribution in [1.82, 2.24) is 10.6 Å². The van der Waals surface area contributed by atoms with Crippen LogP contribution in [0.5, 0.6) is 0 Å². The number of carbonyl (C=O) groups excluding carboxylic acids is 3. The van der Waals surface area contributed by atoms with Crippen molar-refractivity contribution >= 4 is 17.7 Å². The van der Waals surface area contributed by atoms with Crippen LogP contribution in [0.3, 0.4) is 0 Å². The summed E-state index contributed by atoms with van der Waals surface area (Å²) in [5, 5.41) is 4.75. The van der Waals surface area contributed by atoms with Crippen LogP contribution in [0, 0.1) is 0 Å². The van der Waals surface area contributed by atoms with E-state index < -0.39 is 35.8 Å². The van der Waals surface area contributed by atoms with Crippen LogP contribution in [0.1, 0.15) is 20.8 Å². The van der Waals surface area contributed by atoms with Crippen molar-refractivity contribution in [3.8, 4) is 0 Å². The zero-order valence-electron chi connectivity index (χ0n) is 9.61. The first-order valence-corrected chi connectivity index (χ1v) is 4.91. The third kappa shape index (κ3) is 4.74. The van der Waals surface area contributed by atoms with Crippen molar-refractivity contribution in [2.75, 3.05) is 0 Å². The van der Waals surface area contributed by atoms with Gasteiger partial charge in [-0.3, -0.25) is 14.4 Å². The van der Waals surface area contributed by atoms with Crippen molar-refractivity contribution in [3.05, 3.63) is 0 Å². The van der Waals surface area contributed by atoms with Crippen molar-refractivity contribution in [1.29, 1.82) is 0 Å². The number of hydrogen-bond acceptors (Lipinski definition) is 4. The summed E-state index contributed by atoms with van der Waals surface area (Å²) < 4.78 is 0. The van der Waals surface area contributed by atoms with Gasteiger partial charge in [0.25, 0.3) is 0 Å². The van der Waals surface area contributed by atoms with Crippen LogP contribution in [-0.2, 0) is 14.4 Å². The molecule has 0 aromatic carbocycles. The lowest BCUT2D eigenvalue weighted by Gasteiger charge is -2.17. The van der Waals surface area contributed by atoms with Crippen LogP contribution in [0.4, 0.5) is 0 Å². The molecular weight excluding hydrogens is 212 g/mol. The van der Waals surface area contributed by atoms with Gasteiger partial charge in [-0.2, -0.15) is 0 Å². The molecule has 7 nitrogen and oxygen atoms in total. The number of primary amides is 1. The summed E-state index contributed by atoms with van der Waals surface area (Å²) in [6.45, 7) is 4.45. The average molecular weight is 230 g/mol. The van der Waals surface area contributed by atoms with Crippen molar-refractivity contribution in [3.63, 3.8) is 0 Å². The molecule has 0 aliphatic rings. The zero-order chi connectivity index (χ0) is 12.9. The maximum atomic E-state index is 11.4. The van der Waals surface area contributed by atoms with Gasteiger partial charge in [0.2, 0.25) is 17.7 Å². The molecule has 92 valence electrons. The molecule has 16 heavy (non-hydrogen) atoms. The molecule has 0 heterocycles. The Labute approximate surface area is 93.9 Å². The van der Waals surface area contributed by atoms with E-state index in [1.54, 1.807) is 0 Å². The molecule has 0 aromatic rings. The van der Waals surface area contributed by atoms with Gasteiger partial charge in [-0.15, -0.1) is 0 Å². The summed E-state index contributed by atoms with van der Waals surface area (Å²) in [4.78, 5) is 33.3. The van der Waals surface area contributed by atoms with Gasteiger partial charge in [-0.05, 0) is 20.8 Å². The van der Waals surface area contributed by atoms with E-state index in [0.29, 0.717) is 0 Å². The molecule has 0 aliphatic carbocycles. The Kier molecular flexibility index (Phi) is 5.44. The first-order chi connectivity index (χ1) is 7.25. The lowest BCUT2D eigenvalue weighted by atomic mass is 10.2. The monoisotopic (exact) mass is 230 g/mol. The molecule has 0 fully saturated rings. The number of carbonyl (C=O) groups is 3. The third-order valence-electron chi connectivity index (χ3n) is 1.95. The predicted octanol–water partition coefficient (Wildman–Crippen LogP) is -2.17. The van der Waals surface area contributed by atoms with Crippen LogP contribution in [-0.4, -0.2) is 35.8 Å². The summed E-state index contributed by atoms with van der Waals surface area (Å²) in [6.07, 6.45) is 0. The van der Waals surface area contributed by atoms with Gasteiger partial charge in [-0.25, -0.2) is 0 Å².